The first-order chi connectivity index (χ1) is 11.2. The van der Waals surface area contributed by atoms with Crippen molar-refractivity contribution >= 4 is 45.5 Å². The van der Waals surface area contributed by atoms with Crippen LogP contribution in [-0.2, 0) is 18.3 Å². The summed E-state index contributed by atoms with van der Waals surface area (Å²) in [7, 11) is 1.92. The third kappa shape index (κ3) is 3.80. The van der Waals surface area contributed by atoms with Crippen LogP contribution in [0.2, 0.25) is 0 Å². The molecule has 3 aromatic heterocycles. The molecule has 0 bridgehead atoms. The van der Waals surface area contributed by atoms with Gasteiger partial charge < -0.3 is 9.88 Å². The third-order valence-corrected chi connectivity index (χ3v) is 5.90. The number of carbonyl (C=O) groups is 1. The number of nitrogens with zero attached hydrogens (tertiary/aromatic N) is 4. The average molecular weight is 366 g/mol. The number of aryl methyl sites for hydroxylation is 1. The lowest BCUT2D eigenvalue weighted by atomic mass is 10.2. The number of aromatic nitrogens is 4. The van der Waals surface area contributed by atoms with Gasteiger partial charge in [-0.1, -0.05) is 18.7 Å². The Morgan fingerprint density at radius 2 is 2.26 bits per heavy atom. The minimum absolute atomic E-state index is 0.0988. The molecule has 6 nitrogen and oxygen atoms in total. The molecule has 0 atom stereocenters. The zero-order valence-electron chi connectivity index (χ0n) is 12.6. The lowest BCUT2D eigenvalue weighted by Gasteiger charge is -2.03. The maximum Gasteiger partial charge on any atom is 0.236 e. The fraction of sp³-hybridized carbons (Fsp3) is 0.286. The van der Waals surface area contributed by atoms with Crippen LogP contribution in [0, 0.1) is 0 Å². The number of thiophene rings is 1. The maximum absolute atomic E-state index is 11.9. The van der Waals surface area contributed by atoms with Crippen molar-refractivity contribution in [2.24, 2.45) is 7.05 Å². The Morgan fingerprint density at radius 1 is 1.39 bits per heavy atom. The second-order valence-corrected chi connectivity index (χ2v) is 7.53. The van der Waals surface area contributed by atoms with E-state index in [1.165, 1.54) is 28.0 Å². The molecule has 120 valence electrons. The first-order valence-corrected chi connectivity index (χ1v) is 9.71. The van der Waals surface area contributed by atoms with E-state index in [4.69, 9.17) is 0 Å². The quantitative estimate of drug-likeness (QED) is 0.679. The molecule has 9 heteroatoms. The van der Waals surface area contributed by atoms with Crippen molar-refractivity contribution in [1.82, 2.24) is 19.7 Å². The van der Waals surface area contributed by atoms with Crippen LogP contribution in [0.15, 0.2) is 28.2 Å². The van der Waals surface area contributed by atoms with E-state index in [0.717, 1.165) is 23.0 Å². The summed E-state index contributed by atoms with van der Waals surface area (Å²) >= 11 is 4.49. The van der Waals surface area contributed by atoms with Gasteiger partial charge in [0.05, 0.1) is 5.75 Å². The summed E-state index contributed by atoms with van der Waals surface area (Å²) < 4.78 is 1.92. The summed E-state index contributed by atoms with van der Waals surface area (Å²) in [6.45, 7) is 2.13. The van der Waals surface area contributed by atoms with Crippen LogP contribution in [-0.4, -0.2) is 31.4 Å². The van der Waals surface area contributed by atoms with Crippen LogP contribution in [0.4, 0.5) is 5.13 Å². The molecule has 0 aliphatic rings. The summed E-state index contributed by atoms with van der Waals surface area (Å²) in [5.41, 5.74) is 1.07. The van der Waals surface area contributed by atoms with Gasteiger partial charge in [-0.25, -0.2) is 4.98 Å². The van der Waals surface area contributed by atoms with Crippen LogP contribution < -0.4 is 5.32 Å². The highest BCUT2D eigenvalue weighted by molar-refractivity contribution is 7.99. The number of rotatable bonds is 6. The fourth-order valence-corrected chi connectivity index (χ4v) is 4.02. The summed E-state index contributed by atoms with van der Waals surface area (Å²) in [4.78, 5) is 17.2. The second kappa shape index (κ2) is 7.24. The highest BCUT2D eigenvalue weighted by atomic mass is 32.2. The predicted molar refractivity (Wildman–Crippen MR) is 95.2 cm³/mol. The van der Waals surface area contributed by atoms with Crippen molar-refractivity contribution < 1.29 is 4.79 Å². The van der Waals surface area contributed by atoms with E-state index in [1.54, 1.807) is 17.5 Å². The van der Waals surface area contributed by atoms with Crippen molar-refractivity contribution in [2.75, 3.05) is 11.1 Å². The number of hydrogen-bond donors (Lipinski definition) is 1. The smallest absolute Gasteiger partial charge is 0.236 e. The Kier molecular flexibility index (Phi) is 5.09. The monoisotopic (exact) mass is 365 g/mol. The molecule has 0 aliphatic carbocycles. The Bertz CT molecular complexity index is 793. The standard InChI is InChI=1S/C14H15N5OS3/c1-3-10-6-9(7-22-10)12-17-18-14(19(12)2)23-8-11(20)16-13-15-4-5-21-13/h4-7H,3,8H2,1-2H3,(H,15,16,20). The molecule has 0 aliphatic heterocycles. The van der Waals surface area contributed by atoms with E-state index in [1.807, 2.05) is 17.0 Å². The van der Waals surface area contributed by atoms with E-state index in [-0.39, 0.29) is 11.7 Å². The number of carbonyl (C=O) groups excluding carboxylic acids is 1. The van der Waals surface area contributed by atoms with Gasteiger partial charge in [0, 0.05) is 34.4 Å². The Balaban J connectivity index is 1.64. The third-order valence-electron chi connectivity index (χ3n) is 3.11. The van der Waals surface area contributed by atoms with Gasteiger partial charge in [-0.3, -0.25) is 4.79 Å². The molecule has 0 saturated heterocycles. The summed E-state index contributed by atoms with van der Waals surface area (Å²) in [6.07, 6.45) is 2.68. The average Bonchev–Trinajstić information content (AvgIpc) is 3.26. The van der Waals surface area contributed by atoms with Gasteiger partial charge >= 0.3 is 0 Å². The number of hydrogen-bond acceptors (Lipinski definition) is 7. The normalized spacial score (nSPS) is 10.9. The highest BCUT2D eigenvalue weighted by Crippen LogP contribution is 2.27. The van der Waals surface area contributed by atoms with E-state index < -0.39 is 0 Å². The molecule has 3 heterocycles. The van der Waals surface area contributed by atoms with Crippen LogP contribution in [0.5, 0.6) is 0 Å². The number of thiazole rings is 1. The second-order valence-electron chi connectivity index (χ2n) is 4.69. The first kappa shape index (κ1) is 16.2. The molecule has 3 rings (SSSR count). The Morgan fingerprint density at radius 3 is 2.96 bits per heavy atom. The van der Waals surface area contributed by atoms with Gasteiger partial charge in [0.25, 0.3) is 0 Å². The van der Waals surface area contributed by atoms with Crippen molar-refractivity contribution in [3.05, 3.63) is 27.9 Å². The first-order valence-electron chi connectivity index (χ1n) is 6.96. The maximum atomic E-state index is 11.9. The van der Waals surface area contributed by atoms with Crippen LogP contribution in [0.25, 0.3) is 11.4 Å². The number of amides is 1. The van der Waals surface area contributed by atoms with Gasteiger partial charge in [0.2, 0.25) is 5.91 Å². The summed E-state index contributed by atoms with van der Waals surface area (Å²) in [5.74, 6) is 0.997. The molecule has 1 amide bonds. The van der Waals surface area contributed by atoms with E-state index in [2.05, 4.69) is 38.9 Å². The van der Waals surface area contributed by atoms with Gasteiger partial charge in [-0.15, -0.1) is 32.9 Å². The van der Waals surface area contributed by atoms with E-state index in [9.17, 15) is 4.79 Å². The Labute approximate surface area is 146 Å². The Hall–Kier alpha value is -1.71. The molecule has 1 N–H and O–H groups in total. The zero-order valence-corrected chi connectivity index (χ0v) is 15.1. The van der Waals surface area contributed by atoms with Crippen molar-refractivity contribution in [3.8, 4) is 11.4 Å². The molecule has 0 aromatic carbocycles. The number of nitrogens with one attached hydrogen (secondary N) is 1. The minimum Gasteiger partial charge on any atom is -0.305 e. The zero-order chi connectivity index (χ0) is 16.2. The van der Waals surface area contributed by atoms with Gasteiger partial charge in [0.1, 0.15) is 0 Å². The van der Waals surface area contributed by atoms with Crippen LogP contribution in [0.3, 0.4) is 0 Å². The van der Waals surface area contributed by atoms with Crippen LogP contribution >= 0.6 is 34.4 Å². The topological polar surface area (TPSA) is 72.7 Å². The molecule has 0 radical (unpaired) electrons. The van der Waals surface area contributed by atoms with Gasteiger partial charge in [0.15, 0.2) is 16.1 Å². The molecular weight excluding hydrogens is 350 g/mol. The summed E-state index contributed by atoms with van der Waals surface area (Å²) in [5, 5.41) is 16.4. The SMILES string of the molecule is CCc1cc(-c2nnc(SCC(=O)Nc3nccs3)n2C)cs1. The summed E-state index contributed by atoms with van der Waals surface area (Å²) in [6, 6.07) is 2.14. The minimum atomic E-state index is -0.0988. The molecule has 0 spiro atoms. The molecule has 0 saturated carbocycles. The lowest BCUT2D eigenvalue weighted by molar-refractivity contribution is -0.113. The molecular formula is C14H15N5OS3. The molecule has 0 fully saturated rings. The molecule has 0 unspecified atom stereocenters. The number of anilines is 1. The van der Waals surface area contributed by atoms with Crippen molar-refractivity contribution in [3.63, 3.8) is 0 Å². The van der Waals surface area contributed by atoms with Gasteiger partial charge in [-0.05, 0) is 12.5 Å². The lowest BCUT2D eigenvalue weighted by Crippen LogP contribution is -2.14. The highest BCUT2D eigenvalue weighted by Gasteiger charge is 2.14. The fourth-order valence-electron chi connectivity index (χ4n) is 1.95. The van der Waals surface area contributed by atoms with Gasteiger partial charge in [-0.2, -0.15) is 0 Å². The van der Waals surface area contributed by atoms with Crippen LogP contribution in [0.1, 0.15) is 11.8 Å². The number of thioether (sulfide) groups is 1. The van der Waals surface area contributed by atoms with Crippen molar-refractivity contribution in [2.45, 2.75) is 18.5 Å². The van der Waals surface area contributed by atoms with E-state index in [0.29, 0.717) is 5.13 Å². The van der Waals surface area contributed by atoms with E-state index >= 15 is 0 Å². The largest absolute Gasteiger partial charge is 0.305 e. The molecule has 3 aromatic rings. The van der Waals surface area contributed by atoms with Crippen molar-refractivity contribution in [1.29, 1.82) is 0 Å². The predicted octanol–water partition coefficient (Wildman–Crippen LogP) is 3.29. The molecule has 23 heavy (non-hydrogen) atoms.